The summed E-state index contributed by atoms with van der Waals surface area (Å²) in [6.45, 7) is 2.32. The van der Waals surface area contributed by atoms with Crippen molar-refractivity contribution in [1.82, 2.24) is 4.90 Å². The van der Waals surface area contributed by atoms with Gasteiger partial charge in [0.25, 0.3) is 0 Å². The number of fused-ring (bicyclic) bond motifs is 2. The molecule has 1 spiro atoms. The highest BCUT2D eigenvalue weighted by molar-refractivity contribution is 5.39. The van der Waals surface area contributed by atoms with Gasteiger partial charge in [0.2, 0.25) is 0 Å². The summed E-state index contributed by atoms with van der Waals surface area (Å²) in [6.07, 6.45) is 5.24. The van der Waals surface area contributed by atoms with Crippen molar-refractivity contribution in [2.45, 2.75) is 31.1 Å². The Morgan fingerprint density at radius 2 is 1.80 bits per heavy atom. The van der Waals surface area contributed by atoms with Gasteiger partial charge in [0.1, 0.15) is 0 Å². The first-order chi connectivity index (χ1) is 7.30. The Bertz CT molecular complexity index is 361. The van der Waals surface area contributed by atoms with Crippen LogP contribution in [0.1, 0.15) is 30.4 Å². The number of hydrogen-bond acceptors (Lipinski definition) is 1. The normalized spacial score (nSPS) is 24.3. The summed E-state index contributed by atoms with van der Waals surface area (Å²) < 4.78 is 0. The molecule has 2 aliphatic rings. The predicted octanol–water partition coefficient (Wildman–Crippen LogP) is 2.76. The Morgan fingerprint density at radius 1 is 1.07 bits per heavy atom. The number of likely N-dealkylation sites (tertiary alicyclic amines) is 1. The zero-order valence-electron chi connectivity index (χ0n) is 9.21. The van der Waals surface area contributed by atoms with Gasteiger partial charge in [-0.15, -0.1) is 0 Å². The average Bonchev–Trinajstić information content (AvgIpc) is 2.63. The molecule has 1 aliphatic carbocycles. The lowest BCUT2D eigenvalue weighted by Gasteiger charge is -2.38. The van der Waals surface area contributed by atoms with Gasteiger partial charge in [-0.1, -0.05) is 24.3 Å². The van der Waals surface area contributed by atoms with Gasteiger partial charge in [-0.05, 0) is 55.3 Å². The first-order valence-corrected chi connectivity index (χ1v) is 5.94. The first-order valence-electron chi connectivity index (χ1n) is 5.94. The molecule has 1 aromatic carbocycles. The monoisotopic (exact) mass is 200 g/mol. The Morgan fingerprint density at radius 3 is 2.60 bits per heavy atom. The van der Waals surface area contributed by atoms with Crippen molar-refractivity contribution in [2.75, 3.05) is 13.1 Å². The van der Waals surface area contributed by atoms with Crippen LogP contribution in [0.3, 0.4) is 0 Å². The molecule has 79 valence electrons. The van der Waals surface area contributed by atoms with Gasteiger partial charge in [0.05, 0.1) is 0 Å². The van der Waals surface area contributed by atoms with Crippen LogP contribution in [-0.4, -0.2) is 18.0 Å². The molecule has 0 saturated carbocycles. The second kappa shape index (κ2) is 3.34. The van der Waals surface area contributed by atoms with Crippen molar-refractivity contribution in [2.24, 2.45) is 0 Å². The Labute approximate surface area is 92.1 Å². The van der Waals surface area contributed by atoms with E-state index in [1.54, 1.807) is 11.1 Å². The van der Waals surface area contributed by atoms with E-state index in [1.807, 2.05) is 0 Å². The number of piperidine rings is 1. The van der Waals surface area contributed by atoms with Crippen LogP contribution in [0.4, 0.5) is 0 Å². The second-order valence-electron chi connectivity index (χ2n) is 5.06. The molecule has 15 heavy (non-hydrogen) atoms. The average molecular weight is 200 g/mol. The number of benzene rings is 1. The van der Waals surface area contributed by atoms with Crippen molar-refractivity contribution in [3.63, 3.8) is 0 Å². The minimum absolute atomic E-state index is 0.505. The van der Waals surface area contributed by atoms with Gasteiger partial charge in [0, 0.05) is 7.05 Å². The summed E-state index contributed by atoms with van der Waals surface area (Å²) in [6, 6.07) is 9.03. The zero-order valence-corrected chi connectivity index (χ0v) is 9.21. The second-order valence-corrected chi connectivity index (χ2v) is 5.06. The minimum Gasteiger partial charge on any atom is -0.302 e. The van der Waals surface area contributed by atoms with Gasteiger partial charge in [-0.2, -0.15) is 0 Å². The fraction of sp³-hybridized carbons (Fsp3) is 0.500. The Hall–Kier alpha value is -0.820. The van der Waals surface area contributed by atoms with Crippen molar-refractivity contribution in [3.05, 3.63) is 42.4 Å². The molecular formula is C14H18N. The van der Waals surface area contributed by atoms with E-state index in [9.17, 15) is 0 Å². The van der Waals surface area contributed by atoms with Gasteiger partial charge in [-0.3, -0.25) is 0 Å². The van der Waals surface area contributed by atoms with Crippen LogP contribution in [-0.2, 0) is 11.8 Å². The van der Waals surface area contributed by atoms with Gasteiger partial charge in [-0.25, -0.2) is 0 Å². The molecule has 1 aromatic rings. The van der Waals surface area contributed by atoms with E-state index in [4.69, 9.17) is 0 Å². The molecule has 1 fully saturated rings. The van der Waals surface area contributed by atoms with Crippen LogP contribution in [0.25, 0.3) is 0 Å². The Balaban J connectivity index is 1.95. The highest BCUT2D eigenvalue weighted by atomic mass is 15.1. The number of aryl methyl sites for hydroxylation is 1. The molecule has 0 N–H and O–H groups in total. The van der Waals surface area contributed by atoms with Crippen LogP contribution in [0.15, 0.2) is 24.3 Å². The largest absolute Gasteiger partial charge is 0.302 e. The maximum Gasteiger partial charge on any atom is 0.0109 e. The summed E-state index contributed by atoms with van der Waals surface area (Å²) in [7, 11) is 4.04. The maximum atomic E-state index is 4.04. The molecule has 1 saturated heterocycles. The summed E-state index contributed by atoms with van der Waals surface area (Å²) in [4.78, 5) is 2.21. The Kier molecular flexibility index (Phi) is 2.10. The highest BCUT2D eigenvalue weighted by Crippen LogP contribution is 2.45. The van der Waals surface area contributed by atoms with Crippen LogP contribution >= 0.6 is 0 Å². The van der Waals surface area contributed by atoms with Gasteiger partial charge >= 0.3 is 0 Å². The lowest BCUT2D eigenvalue weighted by atomic mass is 9.74. The van der Waals surface area contributed by atoms with Gasteiger partial charge < -0.3 is 4.90 Å². The quantitative estimate of drug-likeness (QED) is 0.622. The molecule has 1 nitrogen and oxygen atoms in total. The molecule has 3 rings (SSSR count). The predicted molar refractivity (Wildman–Crippen MR) is 62.6 cm³/mol. The fourth-order valence-corrected chi connectivity index (χ4v) is 3.26. The maximum absolute atomic E-state index is 4.04. The van der Waals surface area contributed by atoms with E-state index >= 15 is 0 Å². The molecular weight excluding hydrogens is 182 g/mol. The molecule has 0 bridgehead atoms. The molecule has 1 aliphatic heterocycles. The molecule has 1 heterocycles. The molecule has 0 amide bonds. The third-order valence-corrected chi connectivity index (χ3v) is 4.27. The van der Waals surface area contributed by atoms with Crippen LogP contribution in [0, 0.1) is 7.05 Å². The zero-order chi connectivity index (χ0) is 10.3. The number of hydrogen-bond donors (Lipinski definition) is 0. The van der Waals surface area contributed by atoms with Crippen LogP contribution in [0.5, 0.6) is 0 Å². The first kappa shape index (κ1) is 9.41. The summed E-state index contributed by atoms with van der Waals surface area (Å²) in [5.41, 5.74) is 3.73. The van der Waals surface area contributed by atoms with Crippen molar-refractivity contribution in [3.8, 4) is 0 Å². The summed E-state index contributed by atoms with van der Waals surface area (Å²) >= 11 is 0. The standard InChI is InChI=1S/C14H18N/c1-15-10-8-14(9-11-15)7-6-12-4-2-3-5-13(12)14/h2-5H,1,6-11H2. The summed E-state index contributed by atoms with van der Waals surface area (Å²) in [5, 5.41) is 0. The van der Waals surface area contributed by atoms with Crippen molar-refractivity contribution in [1.29, 1.82) is 0 Å². The van der Waals surface area contributed by atoms with Crippen molar-refractivity contribution < 1.29 is 0 Å². The highest BCUT2D eigenvalue weighted by Gasteiger charge is 2.39. The molecule has 0 atom stereocenters. The molecule has 1 radical (unpaired) electrons. The van der Waals surface area contributed by atoms with E-state index in [0.29, 0.717) is 5.41 Å². The van der Waals surface area contributed by atoms with E-state index in [2.05, 4.69) is 36.2 Å². The molecule has 0 unspecified atom stereocenters. The lowest BCUT2D eigenvalue weighted by Crippen LogP contribution is -2.38. The SMILES string of the molecule is [CH2]N1CCC2(CCc3ccccc32)CC1. The minimum atomic E-state index is 0.505. The number of rotatable bonds is 0. The molecule has 0 aromatic heterocycles. The van der Waals surface area contributed by atoms with Crippen LogP contribution in [0.2, 0.25) is 0 Å². The van der Waals surface area contributed by atoms with Gasteiger partial charge in [0.15, 0.2) is 0 Å². The van der Waals surface area contributed by atoms with Crippen LogP contribution < -0.4 is 0 Å². The van der Waals surface area contributed by atoms with E-state index in [0.717, 1.165) is 13.1 Å². The third kappa shape index (κ3) is 1.41. The third-order valence-electron chi connectivity index (χ3n) is 4.27. The lowest BCUT2D eigenvalue weighted by molar-refractivity contribution is 0.203. The fourth-order valence-electron chi connectivity index (χ4n) is 3.26. The number of nitrogens with zero attached hydrogens (tertiary/aromatic N) is 1. The topological polar surface area (TPSA) is 3.24 Å². The van der Waals surface area contributed by atoms with E-state index in [-0.39, 0.29) is 0 Å². The van der Waals surface area contributed by atoms with E-state index < -0.39 is 0 Å². The summed E-state index contributed by atoms with van der Waals surface area (Å²) in [5.74, 6) is 0. The smallest absolute Gasteiger partial charge is 0.0109 e. The van der Waals surface area contributed by atoms with Crippen molar-refractivity contribution >= 4 is 0 Å². The molecule has 1 heteroatoms. The van der Waals surface area contributed by atoms with E-state index in [1.165, 1.54) is 25.7 Å².